The Morgan fingerprint density at radius 3 is 2.36 bits per heavy atom. The molecule has 0 aliphatic carbocycles. The van der Waals surface area contributed by atoms with Crippen LogP contribution in [-0.2, 0) is 10.0 Å². The molecule has 25 heavy (non-hydrogen) atoms. The Balaban J connectivity index is 1.74. The summed E-state index contributed by atoms with van der Waals surface area (Å²) < 4.78 is 31.9. The van der Waals surface area contributed by atoms with Crippen molar-refractivity contribution >= 4 is 27.5 Å². The Hall–Kier alpha value is -1.90. The van der Waals surface area contributed by atoms with Gasteiger partial charge in [-0.15, -0.1) is 0 Å². The van der Waals surface area contributed by atoms with E-state index in [1.165, 1.54) is 10.4 Å². The van der Waals surface area contributed by atoms with Crippen molar-refractivity contribution in [3.8, 4) is 0 Å². The van der Waals surface area contributed by atoms with Crippen LogP contribution in [0.5, 0.6) is 0 Å². The second-order valence-electron chi connectivity index (χ2n) is 5.83. The van der Waals surface area contributed by atoms with Crippen molar-refractivity contribution in [1.29, 1.82) is 0 Å². The van der Waals surface area contributed by atoms with E-state index in [2.05, 4.69) is 5.16 Å². The third-order valence-electron chi connectivity index (χ3n) is 4.23. The zero-order chi connectivity index (χ0) is 18.2. The van der Waals surface area contributed by atoms with Crippen molar-refractivity contribution in [3.63, 3.8) is 0 Å². The van der Waals surface area contributed by atoms with Gasteiger partial charge in [0, 0.05) is 26.2 Å². The Kier molecular flexibility index (Phi) is 4.86. The molecule has 0 bridgehead atoms. The topological polar surface area (TPSA) is 83.7 Å². The number of aryl methyl sites for hydroxylation is 2. The van der Waals surface area contributed by atoms with Crippen molar-refractivity contribution in [3.05, 3.63) is 46.3 Å². The molecule has 0 radical (unpaired) electrons. The van der Waals surface area contributed by atoms with Gasteiger partial charge in [0.25, 0.3) is 5.91 Å². The summed E-state index contributed by atoms with van der Waals surface area (Å²) >= 11 is 6.02. The van der Waals surface area contributed by atoms with Gasteiger partial charge in [-0.05, 0) is 26.0 Å². The molecule has 134 valence electrons. The normalized spacial score (nSPS) is 16.2. The van der Waals surface area contributed by atoms with Crippen molar-refractivity contribution in [2.45, 2.75) is 18.7 Å². The van der Waals surface area contributed by atoms with Crippen molar-refractivity contribution in [2.75, 3.05) is 26.2 Å². The van der Waals surface area contributed by atoms with Gasteiger partial charge < -0.3 is 9.42 Å². The van der Waals surface area contributed by atoms with E-state index in [0.717, 1.165) is 0 Å². The second kappa shape index (κ2) is 6.78. The fourth-order valence-electron chi connectivity index (χ4n) is 2.87. The van der Waals surface area contributed by atoms with Crippen LogP contribution in [0.1, 0.15) is 21.8 Å². The Labute approximate surface area is 151 Å². The lowest BCUT2D eigenvalue weighted by Crippen LogP contribution is -2.50. The highest BCUT2D eigenvalue weighted by molar-refractivity contribution is 7.89. The second-order valence-corrected chi connectivity index (χ2v) is 8.14. The summed E-state index contributed by atoms with van der Waals surface area (Å²) in [7, 11) is -3.68. The van der Waals surface area contributed by atoms with Crippen LogP contribution in [0.15, 0.2) is 33.7 Å². The lowest BCUT2D eigenvalue weighted by molar-refractivity contribution is 0.0695. The van der Waals surface area contributed by atoms with Crippen molar-refractivity contribution < 1.29 is 17.7 Å². The van der Waals surface area contributed by atoms with Crippen LogP contribution < -0.4 is 0 Å². The number of halogens is 1. The van der Waals surface area contributed by atoms with Crippen LogP contribution in [0.25, 0.3) is 0 Å². The first-order chi connectivity index (χ1) is 11.8. The van der Waals surface area contributed by atoms with Crippen LogP contribution >= 0.6 is 11.6 Å². The monoisotopic (exact) mass is 383 g/mol. The molecule has 2 aromatic rings. The first-order valence-electron chi connectivity index (χ1n) is 7.79. The molecule has 1 fully saturated rings. The SMILES string of the molecule is Cc1noc(C)c1C(=O)N1CCN(S(=O)(=O)c2ccccc2Cl)CC1. The minimum atomic E-state index is -3.68. The van der Waals surface area contributed by atoms with E-state index in [1.54, 1.807) is 36.9 Å². The molecule has 9 heteroatoms. The third-order valence-corrected chi connectivity index (χ3v) is 6.63. The number of aromatic nitrogens is 1. The molecule has 0 N–H and O–H groups in total. The standard InChI is InChI=1S/C16H18ClN3O4S/c1-11-15(12(2)24-18-11)16(21)19-7-9-20(10-8-19)25(22,23)14-6-4-3-5-13(14)17/h3-6H,7-10H2,1-2H3. The highest BCUT2D eigenvalue weighted by Gasteiger charge is 2.32. The van der Waals surface area contributed by atoms with E-state index in [9.17, 15) is 13.2 Å². The number of amides is 1. The molecule has 2 heterocycles. The average molecular weight is 384 g/mol. The largest absolute Gasteiger partial charge is 0.361 e. The summed E-state index contributed by atoms with van der Waals surface area (Å²) in [5, 5.41) is 3.98. The quantitative estimate of drug-likeness (QED) is 0.810. The molecule has 1 aromatic heterocycles. The molecule has 1 aliphatic rings. The first-order valence-corrected chi connectivity index (χ1v) is 9.61. The van der Waals surface area contributed by atoms with Crippen LogP contribution in [0.4, 0.5) is 0 Å². The van der Waals surface area contributed by atoms with Gasteiger partial charge in [-0.3, -0.25) is 4.79 Å². The third kappa shape index (κ3) is 3.29. The molecule has 0 spiro atoms. The van der Waals surface area contributed by atoms with Gasteiger partial charge in [-0.2, -0.15) is 4.31 Å². The van der Waals surface area contributed by atoms with Crippen LogP contribution in [0.2, 0.25) is 5.02 Å². The number of benzene rings is 1. The predicted molar refractivity (Wildman–Crippen MR) is 92.1 cm³/mol. The zero-order valence-electron chi connectivity index (χ0n) is 13.9. The number of carbonyl (C=O) groups excluding carboxylic acids is 1. The summed E-state index contributed by atoms with van der Waals surface area (Å²) in [5.41, 5.74) is 0.982. The van der Waals surface area contributed by atoms with E-state index in [-0.39, 0.29) is 28.9 Å². The molecular weight excluding hydrogens is 366 g/mol. The van der Waals surface area contributed by atoms with Gasteiger partial charge in [0.2, 0.25) is 10.0 Å². The van der Waals surface area contributed by atoms with Gasteiger partial charge in [-0.1, -0.05) is 28.9 Å². The Morgan fingerprint density at radius 2 is 1.80 bits per heavy atom. The maximum Gasteiger partial charge on any atom is 0.259 e. The van der Waals surface area contributed by atoms with Gasteiger partial charge >= 0.3 is 0 Å². The number of hydrogen-bond donors (Lipinski definition) is 0. The molecule has 7 nitrogen and oxygen atoms in total. The molecular formula is C16H18ClN3O4S. The molecule has 1 amide bonds. The Morgan fingerprint density at radius 1 is 1.16 bits per heavy atom. The highest BCUT2D eigenvalue weighted by Crippen LogP contribution is 2.25. The lowest BCUT2D eigenvalue weighted by Gasteiger charge is -2.34. The van der Waals surface area contributed by atoms with Gasteiger partial charge in [0.1, 0.15) is 16.2 Å². The predicted octanol–water partition coefficient (Wildman–Crippen LogP) is 2.09. The molecule has 1 aliphatic heterocycles. The van der Waals surface area contributed by atoms with Crippen molar-refractivity contribution in [1.82, 2.24) is 14.4 Å². The smallest absolute Gasteiger partial charge is 0.259 e. The molecule has 0 saturated carbocycles. The fraction of sp³-hybridized carbons (Fsp3) is 0.375. The number of nitrogens with zero attached hydrogens (tertiary/aromatic N) is 3. The van der Waals surface area contributed by atoms with Crippen LogP contribution in [0.3, 0.4) is 0 Å². The minimum absolute atomic E-state index is 0.0853. The fourth-order valence-corrected chi connectivity index (χ4v) is 4.79. The summed E-state index contributed by atoms with van der Waals surface area (Å²) in [4.78, 5) is 14.3. The van der Waals surface area contributed by atoms with Crippen LogP contribution in [-0.4, -0.2) is 54.9 Å². The molecule has 1 saturated heterocycles. The van der Waals surface area contributed by atoms with Crippen molar-refractivity contribution in [2.24, 2.45) is 0 Å². The molecule has 1 aromatic carbocycles. The van der Waals surface area contributed by atoms with Crippen LogP contribution in [0, 0.1) is 13.8 Å². The Bertz CT molecular complexity index is 882. The van der Waals surface area contributed by atoms with Gasteiger partial charge in [-0.25, -0.2) is 8.42 Å². The molecule has 3 rings (SSSR count). The van der Waals surface area contributed by atoms with E-state index < -0.39 is 10.0 Å². The maximum absolute atomic E-state index is 12.7. The minimum Gasteiger partial charge on any atom is -0.361 e. The number of carbonyl (C=O) groups is 1. The average Bonchev–Trinajstić information content (AvgIpc) is 2.93. The van der Waals surface area contributed by atoms with E-state index in [1.807, 2.05) is 0 Å². The van der Waals surface area contributed by atoms with Gasteiger partial charge in [0.05, 0.1) is 10.7 Å². The number of sulfonamides is 1. The number of piperazine rings is 1. The number of hydrogen-bond acceptors (Lipinski definition) is 5. The zero-order valence-corrected chi connectivity index (χ0v) is 15.5. The summed E-state index contributed by atoms with van der Waals surface area (Å²) in [6, 6.07) is 6.35. The summed E-state index contributed by atoms with van der Waals surface area (Å²) in [6.07, 6.45) is 0. The van der Waals surface area contributed by atoms with E-state index >= 15 is 0 Å². The lowest BCUT2D eigenvalue weighted by atomic mass is 10.1. The molecule has 0 unspecified atom stereocenters. The van der Waals surface area contributed by atoms with E-state index in [4.69, 9.17) is 16.1 Å². The first kappa shape index (κ1) is 17.9. The highest BCUT2D eigenvalue weighted by atomic mass is 35.5. The maximum atomic E-state index is 12.7. The van der Waals surface area contributed by atoms with E-state index in [0.29, 0.717) is 30.1 Å². The molecule has 0 atom stereocenters. The summed E-state index contributed by atoms with van der Waals surface area (Å²) in [6.45, 7) is 4.41. The van der Waals surface area contributed by atoms with Gasteiger partial charge in [0.15, 0.2) is 0 Å². The number of rotatable bonds is 3. The summed E-state index contributed by atoms with van der Waals surface area (Å²) in [5.74, 6) is 0.277.